The molecule has 6 nitrogen and oxygen atoms in total. The van der Waals surface area contributed by atoms with E-state index < -0.39 is 11.4 Å². The molecule has 3 rings (SSSR count). The molecule has 0 bridgehead atoms. The van der Waals surface area contributed by atoms with Crippen LogP contribution in [0, 0.1) is 5.41 Å². The number of aromatic nitrogens is 2. The molecule has 1 aromatic carbocycles. The predicted octanol–water partition coefficient (Wildman–Crippen LogP) is 3.90. The molecular weight excluding hydrogens is 342 g/mol. The van der Waals surface area contributed by atoms with E-state index in [1.54, 1.807) is 20.0 Å². The van der Waals surface area contributed by atoms with Gasteiger partial charge in [-0.25, -0.2) is 0 Å². The molecule has 0 atom stereocenters. The van der Waals surface area contributed by atoms with Gasteiger partial charge in [0.05, 0.1) is 28.9 Å². The van der Waals surface area contributed by atoms with Crippen molar-refractivity contribution in [2.75, 3.05) is 6.54 Å². The van der Waals surface area contributed by atoms with Gasteiger partial charge in [0.1, 0.15) is 0 Å². The second-order valence-corrected chi connectivity index (χ2v) is 7.85. The Kier molecular flexibility index (Phi) is 5.63. The van der Waals surface area contributed by atoms with Crippen LogP contribution in [0.25, 0.3) is 11.3 Å². The van der Waals surface area contributed by atoms with E-state index in [1.165, 1.54) is 12.8 Å². The molecule has 0 spiro atoms. The number of carboxylic acid groups (broad SMARTS) is 1. The van der Waals surface area contributed by atoms with E-state index in [4.69, 9.17) is 0 Å². The number of rotatable bonds is 7. The van der Waals surface area contributed by atoms with Gasteiger partial charge in [-0.05, 0) is 33.1 Å². The van der Waals surface area contributed by atoms with Crippen molar-refractivity contribution in [3.05, 3.63) is 42.1 Å². The van der Waals surface area contributed by atoms with Crippen molar-refractivity contribution in [3.63, 3.8) is 0 Å². The first kappa shape index (κ1) is 19.1. The third-order valence-corrected chi connectivity index (χ3v) is 5.37. The smallest absolute Gasteiger partial charge is 0.309 e. The maximum atomic E-state index is 12.8. The molecule has 2 aromatic rings. The molecule has 0 radical (unpaired) electrons. The highest BCUT2D eigenvalue weighted by atomic mass is 16.4. The number of aliphatic carboxylic acids is 1. The lowest BCUT2D eigenvalue weighted by Crippen LogP contribution is -2.32. The number of nitrogens with one attached hydrogen (secondary N) is 1. The number of nitrogens with zero attached hydrogens (tertiary/aromatic N) is 2. The van der Waals surface area contributed by atoms with Gasteiger partial charge in [0.2, 0.25) is 0 Å². The number of amides is 1. The molecule has 1 aliphatic rings. The van der Waals surface area contributed by atoms with Crippen LogP contribution in [-0.2, 0) is 4.79 Å². The molecule has 0 aliphatic heterocycles. The van der Waals surface area contributed by atoms with Gasteiger partial charge < -0.3 is 10.4 Å². The Morgan fingerprint density at radius 2 is 1.89 bits per heavy atom. The van der Waals surface area contributed by atoms with E-state index in [2.05, 4.69) is 10.4 Å². The second-order valence-electron chi connectivity index (χ2n) is 7.85. The molecule has 1 heterocycles. The van der Waals surface area contributed by atoms with Crippen LogP contribution in [0.5, 0.6) is 0 Å². The number of hydrogen-bond acceptors (Lipinski definition) is 3. The summed E-state index contributed by atoms with van der Waals surface area (Å²) in [6.45, 7) is 3.63. The monoisotopic (exact) mass is 369 g/mol. The number of benzene rings is 1. The first-order valence-corrected chi connectivity index (χ1v) is 9.54. The van der Waals surface area contributed by atoms with Crippen molar-refractivity contribution in [2.45, 2.75) is 52.0 Å². The molecule has 6 heteroatoms. The summed E-state index contributed by atoms with van der Waals surface area (Å²) in [5.74, 6) is -1.07. The summed E-state index contributed by atoms with van der Waals surface area (Å²) in [5, 5.41) is 16.6. The van der Waals surface area contributed by atoms with Gasteiger partial charge in [-0.2, -0.15) is 5.10 Å². The summed E-state index contributed by atoms with van der Waals surface area (Å²) in [5.41, 5.74) is 1.49. The van der Waals surface area contributed by atoms with Crippen molar-refractivity contribution < 1.29 is 14.7 Å². The van der Waals surface area contributed by atoms with Crippen molar-refractivity contribution in [1.29, 1.82) is 0 Å². The van der Waals surface area contributed by atoms with Gasteiger partial charge in [0.15, 0.2) is 0 Å². The molecular formula is C21H27N3O3. The van der Waals surface area contributed by atoms with E-state index in [9.17, 15) is 14.7 Å². The lowest BCUT2D eigenvalue weighted by atomic mass is 9.89. The maximum absolute atomic E-state index is 12.8. The first-order chi connectivity index (χ1) is 12.9. The Morgan fingerprint density at radius 1 is 1.22 bits per heavy atom. The van der Waals surface area contributed by atoms with Crippen molar-refractivity contribution in [3.8, 4) is 11.3 Å². The van der Waals surface area contributed by atoms with Gasteiger partial charge in [-0.3, -0.25) is 14.3 Å². The normalized spacial score (nSPS) is 15.0. The first-order valence-electron chi connectivity index (χ1n) is 9.54. The Hall–Kier alpha value is -2.63. The quantitative estimate of drug-likeness (QED) is 0.775. The van der Waals surface area contributed by atoms with Crippen molar-refractivity contribution in [2.24, 2.45) is 5.41 Å². The lowest BCUT2D eigenvalue weighted by molar-refractivity contribution is -0.147. The zero-order valence-corrected chi connectivity index (χ0v) is 15.9. The van der Waals surface area contributed by atoms with E-state index in [1.807, 2.05) is 35.0 Å². The topological polar surface area (TPSA) is 84.2 Å². The minimum Gasteiger partial charge on any atom is -0.481 e. The van der Waals surface area contributed by atoms with Gasteiger partial charge in [0.25, 0.3) is 5.91 Å². The molecule has 1 amide bonds. The van der Waals surface area contributed by atoms with Crippen LogP contribution in [-0.4, -0.2) is 33.3 Å². The summed E-state index contributed by atoms with van der Waals surface area (Å²) in [6.07, 6.45) is 6.53. The van der Waals surface area contributed by atoms with Crippen LogP contribution >= 0.6 is 0 Å². The molecule has 0 unspecified atom stereocenters. The van der Waals surface area contributed by atoms with Crippen LogP contribution in [0.3, 0.4) is 0 Å². The van der Waals surface area contributed by atoms with E-state index >= 15 is 0 Å². The standard InChI is InChI=1S/C21H27N3O3/c1-21(2,20(26)27)12-13-22-19(25)17-14-23-24(16-10-6-7-11-16)18(17)15-8-4-3-5-9-15/h3-5,8-9,14,16H,6-7,10-13H2,1-2H3,(H,22,25)(H,26,27). The van der Waals surface area contributed by atoms with Crippen LogP contribution in [0.1, 0.15) is 62.4 Å². The molecule has 1 fully saturated rings. The molecule has 1 aromatic heterocycles. The molecule has 27 heavy (non-hydrogen) atoms. The third kappa shape index (κ3) is 4.21. The highest BCUT2D eigenvalue weighted by Gasteiger charge is 2.28. The van der Waals surface area contributed by atoms with Crippen molar-refractivity contribution in [1.82, 2.24) is 15.1 Å². The summed E-state index contributed by atoms with van der Waals surface area (Å²) in [7, 11) is 0. The SMILES string of the molecule is CC(C)(CCNC(=O)c1cnn(C2CCCC2)c1-c1ccccc1)C(=O)O. The van der Waals surface area contributed by atoms with Crippen LogP contribution in [0.4, 0.5) is 0 Å². The van der Waals surface area contributed by atoms with E-state index in [0.29, 0.717) is 24.6 Å². The van der Waals surface area contributed by atoms with Crippen LogP contribution in [0.2, 0.25) is 0 Å². The van der Waals surface area contributed by atoms with Gasteiger partial charge in [-0.1, -0.05) is 43.2 Å². The molecule has 1 saturated carbocycles. The van der Waals surface area contributed by atoms with Crippen LogP contribution in [0.15, 0.2) is 36.5 Å². The largest absolute Gasteiger partial charge is 0.481 e. The minimum atomic E-state index is -0.871. The second kappa shape index (κ2) is 7.94. The lowest BCUT2D eigenvalue weighted by Gasteiger charge is -2.19. The Balaban J connectivity index is 1.82. The molecule has 2 N–H and O–H groups in total. The maximum Gasteiger partial charge on any atom is 0.309 e. The zero-order chi connectivity index (χ0) is 19.4. The average molecular weight is 369 g/mol. The summed E-state index contributed by atoms with van der Waals surface area (Å²) >= 11 is 0. The van der Waals surface area contributed by atoms with E-state index in [-0.39, 0.29) is 5.91 Å². The minimum absolute atomic E-state index is 0.209. The van der Waals surface area contributed by atoms with Gasteiger partial charge in [-0.15, -0.1) is 0 Å². The molecule has 144 valence electrons. The van der Waals surface area contributed by atoms with Gasteiger partial charge in [0, 0.05) is 12.1 Å². The zero-order valence-electron chi connectivity index (χ0n) is 15.9. The fraction of sp³-hybridized carbons (Fsp3) is 0.476. The average Bonchev–Trinajstić information content (AvgIpc) is 3.31. The number of carboxylic acids is 1. The molecule has 1 aliphatic carbocycles. The van der Waals surface area contributed by atoms with E-state index in [0.717, 1.165) is 24.1 Å². The number of hydrogen-bond donors (Lipinski definition) is 2. The Bertz CT molecular complexity index is 805. The summed E-state index contributed by atoms with van der Waals surface area (Å²) in [4.78, 5) is 24.0. The predicted molar refractivity (Wildman–Crippen MR) is 104 cm³/mol. The fourth-order valence-electron chi connectivity index (χ4n) is 3.53. The Labute approximate surface area is 159 Å². The highest BCUT2D eigenvalue weighted by molar-refractivity contribution is 6.00. The molecule has 0 saturated heterocycles. The number of carbonyl (C=O) groups is 2. The Morgan fingerprint density at radius 3 is 2.52 bits per heavy atom. The highest BCUT2D eigenvalue weighted by Crippen LogP contribution is 2.34. The number of carbonyl (C=O) groups excluding carboxylic acids is 1. The third-order valence-electron chi connectivity index (χ3n) is 5.37. The van der Waals surface area contributed by atoms with Crippen molar-refractivity contribution >= 4 is 11.9 Å². The van der Waals surface area contributed by atoms with Crippen LogP contribution < -0.4 is 5.32 Å². The summed E-state index contributed by atoms with van der Waals surface area (Å²) in [6, 6.07) is 10.2. The fourth-order valence-corrected chi connectivity index (χ4v) is 3.53. The van der Waals surface area contributed by atoms with Gasteiger partial charge >= 0.3 is 5.97 Å². The summed E-state index contributed by atoms with van der Waals surface area (Å²) < 4.78 is 2.00.